The van der Waals surface area contributed by atoms with Crippen LogP contribution in [0, 0.1) is 6.92 Å². The van der Waals surface area contributed by atoms with Crippen molar-refractivity contribution >= 4 is 15.9 Å². The molecule has 0 spiro atoms. The molecule has 1 atom stereocenters. The summed E-state index contributed by atoms with van der Waals surface area (Å²) in [6, 6.07) is 14.8. The van der Waals surface area contributed by atoms with Crippen molar-refractivity contribution in [3.05, 3.63) is 69.2 Å². The van der Waals surface area contributed by atoms with Crippen molar-refractivity contribution in [2.45, 2.75) is 32.7 Å². The largest absolute Gasteiger partial charge is 0.320 e. The lowest BCUT2D eigenvalue weighted by Crippen LogP contribution is -2.13. The van der Waals surface area contributed by atoms with Crippen molar-refractivity contribution in [3.63, 3.8) is 0 Å². The molecular formula is C17H20BrN. The molecule has 0 aliphatic carbocycles. The summed E-state index contributed by atoms with van der Waals surface area (Å²) >= 11 is 3.49. The third-order valence-corrected chi connectivity index (χ3v) is 4.02. The third-order valence-electron chi connectivity index (χ3n) is 3.53. The molecule has 0 radical (unpaired) electrons. The van der Waals surface area contributed by atoms with Crippen molar-refractivity contribution in [1.29, 1.82) is 0 Å². The molecule has 2 aromatic rings. The van der Waals surface area contributed by atoms with Crippen LogP contribution in [-0.2, 0) is 0 Å². The molecular weight excluding hydrogens is 298 g/mol. The fourth-order valence-electron chi connectivity index (χ4n) is 2.26. The number of aryl methyl sites for hydroxylation is 1. The number of rotatable bonds is 3. The Hall–Kier alpha value is -1.12. The summed E-state index contributed by atoms with van der Waals surface area (Å²) < 4.78 is 1.09. The second kappa shape index (κ2) is 5.89. The first-order valence-corrected chi connectivity index (χ1v) is 7.40. The number of halogens is 1. The lowest BCUT2D eigenvalue weighted by atomic mass is 9.93. The average molecular weight is 318 g/mol. The molecule has 0 aliphatic heterocycles. The highest BCUT2D eigenvalue weighted by molar-refractivity contribution is 9.10. The molecule has 100 valence electrons. The minimum Gasteiger partial charge on any atom is -0.320 e. The van der Waals surface area contributed by atoms with Gasteiger partial charge in [-0.2, -0.15) is 0 Å². The van der Waals surface area contributed by atoms with Crippen molar-refractivity contribution in [2.24, 2.45) is 5.73 Å². The van der Waals surface area contributed by atoms with Crippen LogP contribution in [0.25, 0.3) is 0 Å². The van der Waals surface area contributed by atoms with E-state index in [1.807, 2.05) is 6.07 Å². The standard InChI is InChI=1S/C17H20BrN/c1-11(2)13-4-6-14(7-5-13)17(19)16-9-8-15(18)10-12(16)3/h4-11,17H,19H2,1-3H3. The van der Waals surface area contributed by atoms with E-state index < -0.39 is 0 Å². The van der Waals surface area contributed by atoms with E-state index in [1.54, 1.807) is 0 Å². The van der Waals surface area contributed by atoms with Crippen LogP contribution in [0.4, 0.5) is 0 Å². The van der Waals surface area contributed by atoms with Gasteiger partial charge in [0, 0.05) is 4.47 Å². The minimum absolute atomic E-state index is 0.0608. The first kappa shape index (κ1) is 14.3. The van der Waals surface area contributed by atoms with Gasteiger partial charge in [0.25, 0.3) is 0 Å². The molecule has 1 nitrogen and oxygen atoms in total. The van der Waals surface area contributed by atoms with Crippen molar-refractivity contribution in [2.75, 3.05) is 0 Å². The Balaban J connectivity index is 2.30. The maximum atomic E-state index is 6.38. The Bertz CT molecular complexity index is 558. The van der Waals surface area contributed by atoms with Crippen LogP contribution in [0.3, 0.4) is 0 Å². The summed E-state index contributed by atoms with van der Waals surface area (Å²) in [6.07, 6.45) is 0. The van der Waals surface area contributed by atoms with E-state index in [9.17, 15) is 0 Å². The highest BCUT2D eigenvalue weighted by atomic mass is 79.9. The maximum absolute atomic E-state index is 6.38. The summed E-state index contributed by atoms with van der Waals surface area (Å²) in [4.78, 5) is 0. The molecule has 0 saturated carbocycles. The zero-order valence-electron chi connectivity index (χ0n) is 11.7. The van der Waals surface area contributed by atoms with Gasteiger partial charge in [0.2, 0.25) is 0 Å². The minimum atomic E-state index is -0.0608. The van der Waals surface area contributed by atoms with Gasteiger partial charge in [-0.1, -0.05) is 60.1 Å². The molecule has 0 bridgehead atoms. The van der Waals surface area contributed by atoms with E-state index in [0.717, 1.165) is 10.0 Å². The van der Waals surface area contributed by atoms with Gasteiger partial charge in [-0.25, -0.2) is 0 Å². The quantitative estimate of drug-likeness (QED) is 0.853. The van der Waals surface area contributed by atoms with E-state index in [2.05, 4.69) is 73.1 Å². The van der Waals surface area contributed by atoms with Gasteiger partial charge in [0.15, 0.2) is 0 Å². The molecule has 2 N–H and O–H groups in total. The summed E-state index contributed by atoms with van der Waals surface area (Å²) in [5.74, 6) is 0.555. The summed E-state index contributed by atoms with van der Waals surface area (Å²) in [5.41, 5.74) is 11.3. The van der Waals surface area contributed by atoms with Crippen LogP contribution in [-0.4, -0.2) is 0 Å². The highest BCUT2D eigenvalue weighted by Crippen LogP contribution is 2.26. The second-order valence-electron chi connectivity index (χ2n) is 5.30. The molecule has 2 heteroatoms. The monoisotopic (exact) mass is 317 g/mol. The van der Waals surface area contributed by atoms with E-state index in [0.29, 0.717) is 5.92 Å². The van der Waals surface area contributed by atoms with Gasteiger partial charge >= 0.3 is 0 Å². The molecule has 0 aliphatic rings. The smallest absolute Gasteiger partial charge is 0.0554 e. The van der Waals surface area contributed by atoms with Crippen molar-refractivity contribution in [1.82, 2.24) is 0 Å². The molecule has 19 heavy (non-hydrogen) atoms. The zero-order chi connectivity index (χ0) is 14.0. The lowest BCUT2D eigenvalue weighted by Gasteiger charge is -2.16. The van der Waals surface area contributed by atoms with Crippen LogP contribution in [0.5, 0.6) is 0 Å². The van der Waals surface area contributed by atoms with Crippen molar-refractivity contribution < 1.29 is 0 Å². The summed E-state index contributed by atoms with van der Waals surface area (Å²) in [5, 5.41) is 0. The molecule has 0 saturated heterocycles. The number of nitrogens with two attached hydrogens (primary N) is 1. The lowest BCUT2D eigenvalue weighted by molar-refractivity contribution is 0.843. The first-order chi connectivity index (χ1) is 8.99. The van der Waals surface area contributed by atoms with E-state index in [4.69, 9.17) is 5.73 Å². The Morgan fingerprint density at radius 2 is 1.53 bits per heavy atom. The molecule has 2 rings (SSSR count). The Morgan fingerprint density at radius 3 is 2.05 bits per heavy atom. The van der Waals surface area contributed by atoms with Crippen LogP contribution >= 0.6 is 15.9 Å². The molecule has 1 unspecified atom stereocenters. The number of hydrogen-bond acceptors (Lipinski definition) is 1. The van der Waals surface area contributed by atoms with E-state index in [-0.39, 0.29) is 6.04 Å². The first-order valence-electron chi connectivity index (χ1n) is 6.60. The maximum Gasteiger partial charge on any atom is 0.0554 e. The van der Waals surface area contributed by atoms with Crippen LogP contribution in [0.1, 0.15) is 48.1 Å². The predicted octanol–water partition coefficient (Wildman–Crippen LogP) is 4.93. The fraction of sp³-hybridized carbons (Fsp3) is 0.294. The van der Waals surface area contributed by atoms with Gasteiger partial charge in [0.1, 0.15) is 0 Å². The van der Waals surface area contributed by atoms with Gasteiger partial charge < -0.3 is 5.73 Å². The zero-order valence-corrected chi connectivity index (χ0v) is 13.2. The third kappa shape index (κ3) is 3.26. The second-order valence-corrected chi connectivity index (χ2v) is 6.22. The normalized spacial score (nSPS) is 12.7. The Morgan fingerprint density at radius 1 is 0.947 bits per heavy atom. The topological polar surface area (TPSA) is 26.0 Å². The SMILES string of the molecule is Cc1cc(Br)ccc1C(N)c1ccc(C(C)C)cc1. The summed E-state index contributed by atoms with van der Waals surface area (Å²) in [6.45, 7) is 6.50. The molecule has 0 heterocycles. The summed E-state index contributed by atoms with van der Waals surface area (Å²) in [7, 11) is 0. The average Bonchev–Trinajstić information content (AvgIpc) is 2.38. The molecule has 0 aromatic heterocycles. The fourth-order valence-corrected chi connectivity index (χ4v) is 2.73. The van der Waals surface area contributed by atoms with Gasteiger partial charge in [-0.15, -0.1) is 0 Å². The number of benzene rings is 2. The highest BCUT2D eigenvalue weighted by Gasteiger charge is 2.11. The molecule has 0 fully saturated rings. The Labute approximate surface area is 124 Å². The van der Waals surface area contributed by atoms with Crippen LogP contribution in [0.15, 0.2) is 46.9 Å². The number of hydrogen-bond donors (Lipinski definition) is 1. The van der Waals surface area contributed by atoms with Gasteiger partial charge in [-0.3, -0.25) is 0 Å². The predicted molar refractivity (Wildman–Crippen MR) is 85.4 cm³/mol. The Kier molecular flexibility index (Phi) is 4.43. The van der Waals surface area contributed by atoms with E-state index >= 15 is 0 Å². The van der Waals surface area contributed by atoms with Gasteiger partial charge in [-0.05, 0) is 47.2 Å². The molecule has 2 aromatic carbocycles. The van der Waals surface area contributed by atoms with Gasteiger partial charge in [0.05, 0.1) is 6.04 Å². The van der Waals surface area contributed by atoms with E-state index in [1.165, 1.54) is 16.7 Å². The van der Waals surface area contributed by atoms with Crippen molar-refractivity contribution in [3.8, 4) is 0 Å². The van der Waals surface area contributed by atoms with Crippen LogP contribution in [0.2, 0.25) is 0 Å². The molecule has 0 amide bonds. The van der Waals surface area contributed by atoms with Crippen LogP contribution < -0.4 is 5.73 Å².